The number of aldehydes is 1. The van der Waals surface area contributed by atoms with Crippen LogP contribution >= 0.6 is 11.6 Å². The highest BCUT2D eigenvalue weighted by Crippen LogP contribution is 2.35. The third-order valence-electron chi connectivity index (χ3n) is 4.22. The quantitative estimate of drug-likeness (QED) is 0.384. The highest BCUT2D eigenvalue weighted by atomic mass is 35.5. The van der Waals surface area contributed by atoms with Crippen molar-refractivity contribution < 1.29 is 31.1 Å². The second-order valence-electron chi connectivity index (χ2n) is 6.62. The van der Waals surface area contributed by atoms with E-state index in [1.807, 2.05) is 14.0 Å². The van der Waals surface area contributed by atoms with Crippen LogP contribution in [0.3, 0.4) is 0 Å². The molecule has 0 fully saturated rings. The molecule has 0 aliphatic heterocycles. The highest BCUT2D eigenvalue weighted by Gasteiger charge is 2.36. The number of alkyl halides is 6. The van der Waals surface area contributed by atoms with Gasteiger partial charge in [-0.25, -0.2) is 9.97 Å². The number of anilines is 1. The first kappa shape index (κ1) is 27.0. The van der Waals surface area contributed by atoms with Crippen molar-refractivity contribution in [2.24, 2.45) is 0 Å². The topological polar surface area (TPSA) is 97.6 Å². The fourth-order valence-electron chi connectivity index (χ4n) is 2.45. The first-order valence-corrected chi connectivity index (χ1v) is 9.72. The van der Waals surface area contributed by atoms with E-state index in [4.69, 9.17) is 11.6 Å². The number of hydrogen-bond donors (Lipinski definition) is 2. The van der Waals surface area contributed by atoms with E-state index in [0.29, 0.717) is 29.1 Å². The molecule has 0 saturated heterocycles. The minimum atomic E-state index is -4.92. The van der Waals surface area contributed by atoms with Crippen LogP contribution in [0.1, 0.15) is 40.3 Å². The molecule has 15 heteroatoms. The summed E-state index contributed by atoms with van der Waals surface area (Å²) >= 11 is 5.77. The fraction of sp³-hybridized carbons (Fsp3) is 0.316. The van der Waals surface area contributed by atoms with Gasteiger partial charge in [0.25, 0.3) is 5.95 Å². The fourth-order valence-corrected chi connectivity index (χ4v) is 2.55. The summed E-state index contributed by atoms with van der Waals surface area (Å²) in [5.41, 5.74) is -3.66. The minimum Gasteiger partial charge on any atom is -0.356 e. The number of aromatic nitrogens is 5. The molecule has 2 heterocycles. The van der Waals surface area contributed by atoms with Crippen LogP contribution in [0.4, 0.5) is 32.3 Å². The molecule has 0 aliphatic rings. The van der Waals surface area contributed by atoms with E-state index in [-0.39, 0.29) is 18.4 Å². The zero-order valence-corrected chi connectivity index (χ0v) is 18.6. The molecule has 0 radical (unpaired) electrons. The number of halogens is 7. The maximum atomic E-state index is 12.2. The Labute approximate surface area is 194 Å². The van der Waals surface area contributed by atoms with Gasteiger partial charge in [-0.15, -0.1) is 5.10 Å². The van der Waals surface area contributed by atoms with Gasteiger partial charge in [0.15, 0.2) is 5.82 Å². The van der Waals surface area contributed by atoms with Crippen molar-refractivity contribution in [2.75, 3.05) is 19.4 Å². The summed E-state index contributed by atoms with van der Waals surface area (Å²) < 4.78 is 74.7. The van der Waals surface area contributed by atoms with E-state index in [1.165, 1.54) is 12.4 Å². The summed E-state index contributed by atoms with van der Waals surface area (Å²) in [5.74, 6) is 1.68. The van der Waals surface area contributed by atoms with Crippen LogP contribution in [-0.2, 0) is 12.4 Å². The van der Waals surface area contributed by atoms with Crippen LogP contribution in [0.5, 0.6) is 0 Å². The molecule has 0 aliphatic carbocycles. The van der Waals surface area contributed by atoms with Gasteiger partial charge in [0.05, 0.1) is 34.6 Å². The molecule has 0 spiro atoms. The molecule has 184 valence electrons. The van der Waals surface area contributed by atoms with Crippen molar-refractivity contribution in [3.05, 3.63) is 58.1 Å². The van der Waals surface area contributed by atoms with Gasteiger partial charge in [-0.1, -0.05) is 11.6 Å². The van der Waals surface area contributed by atoms with Crippen LogP contribution in [-0.4, -0.2) is 45.1 Å². The monoisotopic (exact) mass is 509 g/mol. The first-order valence-electron chi connectivity index (χ1n) is 9.34. The molecule has 0 bridgehead atoms. The van der Waals surface area contributed by atoms with Gasteiger partial charge >= 0.3 is 12.4 Å². The van der Waals surface area contributed by atoms with Crippen molar-refractivity contribution in [1.82, 2.24) is 30.0 Å². The Morgan fingerprint density at radius 2 is 1.53 bits per heavy atom. The SMILES string of the molecule is CNc1nc([C@H](C)NC)n(-c2ncc(Cl)cn2)n1.O=Cc1cc(C(F)(F)F)cc(C(F)(F)F)c1. The summed E-state index contributed by atoms with van der Waals surface area (Å²) in [5, 5.41) is 10.8. The van der Waals surface area contributed by atoms with Crippen LogP contribution < -0.4 is 10.6 Å². The summed E-state index contributed by atoms with van der Waals surface area (Å²) in [6, 6.07) is 0.719. The summed E-state index contributed by atoms with van der Waals surface area (Å²) in [6.07, 6.45) is -6.85. The number of hydrogen-bond acceptors (Lipinski definition) is 7. The number of benzene rings is 1. The second-order valence-corrected chi connectivity index (χ2v) is 7.06. The Bertz CT molecular complexity index is 1080. The van der Waals surface area contributed by atoms with E-state index < -0.39 is 29.0 Å². The maximum absolute atomic E-state index is 12.2. The van der Waals surface area contributed by atoms with E-state index in [2.05, 4.69) is 30.7 Å². The maximum Gasteiger partial charge on any atom is 0.416 e. The molecule has 1 aromatic carbocycles. The highest BCUT2D eigenvalue weighted by molar-refractivity contribution is 6.30. The van der Waals surface area contributed by atoms with Gasteiger partial charge in [0.2, 0.25) is 5.95 Å². The summed E-state index contributed by atoms with van der Waals surface area (Å²) in [7, 11) is 3.61. The molecule has 0 saturated carbocycles. The Morgan fingerprint density at radius 1 is 1.00 bits per heavy atom. The summed E-state index contributed by atoms with van der Waals surface area (Å²) in [4.78, 5) is 22.9. The largest absolute Gasteiger partial charge is 0.416 e. The molecule has 8 nitrogen and oxygen atoms in total. The van der Waals surface area contributed by atoms with Gasteiger partial charge in [0.1, 0.15) is 6.29 Å². The number of nitrogens with zero attached hydrogens (tertiary/aromatic N) is 5. The third kappa shape index (κ3) is 6.87. The lowest BCUT2D eigenvalue weighted by molar-refractivity contribution is -0.143. The van der Waals surface area contributed by atoms with E-state index in [1.54, 1.807) is 11.7 Å². The van der Waals surface area contributed by atoms with Crippen molar-refractivity contribution in [1.29, 1.82) is 0 Å². The molecule has 0 amide bonds. The Morgan fingerprint density at radius 3 is 1.94 bits per heavy atom. The number of rotatable bonds is 5. The average molecular weight is 510 g/mol. The molecule has 2 aromatic heterocycles. The Hall–Kier alpha value is -3.26. The van der Waals surface area contributed by atoms with Crippen molar-refractivity contribution >= 4 is 23.8 Å². The van der Waals surface area contributed by atoms with Crippen LogP contribution in [0.15, 0.2) is 30.6 Å². The summed E-state index contributed by atoms with van der Waals surface area (Å²) in [6.45, 7) is 1.98. The first-order chi connectivity index (χ1) is 15.8. The predicted molar refractivity (Wildman–Crippen MR) is 111 cm³/mol. The van der Waals surface area contributed by atoms with Gasteiger partial charge in [-0.2, -0.15) is 36.0 Å². The normalized spacial score (nSPS) is 12.5. The van der Waals surface area contributed by atoms with E-state index >= 15 is 0 Å². The zero-order chi connectivity index (χ0) is 25.7. The molecule has 3 rings (SSSR count). The molecule has 0 unspecified atom stereocenters. The lowest BCUT2D eigenvalue weighted by Crippen LogP contribution is -2.18. The average Bonchev–Trinajstić information content (AvgIpc) is 3.22. The standard InChI is InChI=1S/C10H14ClN7.C9H4F6O/c1-6(12-2)8-16-9(13-3)17-18(8)10-14-4-7(11)5-15-10;10-8(11,12)6-1-5(4-16)2-7(3-6)9(13,14)15/h4-6,12H,1-3H3,(H,13,17);1-4H/t6-;/m0./s1. The van der Waals surface area contributed by atoms with Crippen LogP contribution in [0, 0.1) is 0 Å². The van der Waals surface area contributed by atoms with Gasteiger partial charge < -0.3 is 10.6 Å². The number of carbonyl (C=O) groups excluding carboxylic acids is 1. The number of nitrogens with one attached hydrogen (secondary N) is 2. The number of carbonyl (C=O) groups is 1. The molecule has 2 N–H and O–H groups in total. The van der Waals surface area contributed by atoms with E-state index in [9.17, 15) is 31.1 Å². The lowest BCUT2D eigenvalue weighted by Gasteiger charge is -2.12. The molecular weight excluding hydrogens is 492 g/mol. The van der Waals surface area contributed by atoms with Crippen LogP contribution in [0.25, 0.3) is 5.95 Å². The second kappa shape index (κ2) is 10.8. The molecular formula is C19H18ClF6N7O. The van der Waals surface area contributed by atoms with Gasteiger partial charge in [-0.3, -0.25) is 4.79 Å². The molecule has 3 aromatic rings. The van der Waals surface area contributed by atoms with Gasteiger partial charge in [0, 0.05) is 12.6 Å². The predicted octanol–water partition coefficient (Wildman–Crippen LogP) is 4.57. The lowest BCUT2D eigenvalue weighted by atomic mass is 10.1. The third-order valence-corrected chi connectivity index (χ3v) is 4.41. The van der Waals surface area contributed by atoms with E-state index in [0.717, 1.165) is 5.82 Å². The van der Waals surface area contributed by atoms with Crippen LogP contribution in [0.2, 0.25) is 5.02 Å². The smallest absolute Gasteiger partial charge is 0.356 e. The molecule has 1 atom stereocenters. The van der Waals surface area contributed by atoms with Crippen molar-refractivity contribution in [3.63, 3.8) is 0 Å². The van der Waals surface area contributed by atoms with Crippen molar-refractivity contribution in [3.8, 4) is 5.95 Å². The Kier molecular flexibility index (Phi) is 8.56. The molecule has 34 heavy (non-hydrogen) atoms. The minimum absolute atomic E-state index is 0.0267. The van der Waals surface area contributed by atoms with Crippen molar-refractivity contribution in [2.45, 2.75) is 25.3 Å². The Balaban J connectivity index is 0.000000242. The van der Waals surface area contributed by atoms with Gasteiger partial charge in [-0.05, 0) is 32.2 Å². The zero-order valence-electron chi connectivity index (χ0n) is 17.8.